The summed E-state index contributed by atoms with van der Waals surface area (Å²) in [5.74, 6) is -2.09. The predicted octanol–water partition coefficient (Wildman–Crippen LogP) is 3.83. The van der Waals surface area contributed by atoms with Crippen LogP contribution >= 0.6 is 0 Å². The maximum atomic E-state index is 12.3. The summed E-state index contributed by atoms with van der Waals surface area (Å²) in [5, 5.41) is 0. The van der Waals surface area contributed by atoms with Crippen molar-refractivity contribution in [3.8, 4) is 0 Å². The van der Waals surface area contributed by atoms with Crippen LogP contribution in [0.4, 0.5) is 0 Å². The molecule has 0 saturated heterocycles. The minimum absolute atomic E-state index is 0.177. The fourth-order valence-corrected chi connectivity index (χ4v) is 2.65. The van der Waals surface area contributed by atoms with Crippen LogP contribution in [-0.4, -0.2) is 25.2 Å². The van der Waals surface area contributed by atoms with E-state index in [0.717, 1.165) is 11.1 Å². The molecule has 4 nitrogen and oxygen atoms in total. The molecule has 0 aliphatic heterocycles. The van der Waals surface area contributed by atoms with Crippen LogP contribution in [0.15, 0.2) is 60.7 Å². The van der Waals surface area contributed by atoms with Gasteiger partial charge in [-0.1, -0.05) is 74.5 Å². The summed E-state index contributed by atoms with van der Waals surface area (Å²) < 4.78 is 10.6. The second-order valence-electron chi connectivity index (χ2n) is 6.53. The van der Waals surface area contributed by atoms with Crippen LogP contribution in [0.1, 0.15) is 25.0 Å². The molecular weight excluding hydrogens is 328 g/mol. The van der Waals surface area contributed by atoms with Crippen molar-refractivity contribution in [1.82, 2.24) is 0 Å². The van der Waals surface area contributed by atoms with Crippen molar-refractivity contribution in [2.45, 2.75) is 26.7 Å². The fraction of sp³-hybridized carbons (Fsp3) is 0.364. The molecule has 138 valence electrons. The molecule has 2 rings (SSSR count). The fourth-order valence-electron chi connectivity index (χ4n) is 2.65. The van der Waals surface area contributed by atoms with Gasteiger partial charge in [-0.15, -0.1) is 0 Å². The molecule has 0 aliphatic rings. The first-order valence-corrected chi connectivity index (χ1v) is 8.99. The molecule has 0 fully saturated rings. The summed E-state index contributed by atoms with van der Waals surface area (Å²) in [5.41, 5.74) is 2.18. The molecule has 0 aromatic heterocycles. The molecule has 0 atom stereocenters. The first-order chi connectivity index (χ1) is 12.6. The molecule has 26 heavy (non-hydrogen) atoms. The summed E-state index contributed by atoms with van der Waals surface area (Å²) >= 11 is 0. The lowest BCUT2D eigenvalue weighted by molar-refractivity contribution is -0.164. The molecule has 0 bridgehead atoms. The van der Waals surface area contributed by atoms with Crippen LogP contribution in [0.5, 0.6) is 0 Å². The number of ether oxygens (including phenoxy) is 2. The zero-order valence-corrected chi connectivity index (χ0v) is 15.4. The van der Waals surface area contributed by atoms with Crippen molar-refractivity contribution < 1.29 is 19.1 Å². The van der Waals surface area contributed by atoms with Gasteiger partial charge in [-0.05, 0) is 17.0 Å². The Balaban J connectivity index is 1.79. The van der Waals surface area contributed by atoms with Crippen molar-refractivity contribution >= 4 is 11.9 Å². The monoisotopic (exact) mass is 354 g/mol. The predicted molar refractivity (Wildman–Crippen MR) is 101 cm³/mol. The van der Waals surface area contributed by atoms with E-state index in [1.54, 1.807) is 0 Å². The third-order valence-electron chi connectivity index (χ3n) is 4.13. The number of hydrogen-bond donors (Lipinski definition) is 0. The summed E-state index contributed by atoms with van der Waals surface area (Å²) in [6.45, 7) is 4.15. The van der Waals surface area contributed by atoms with E-state index in [-0.39, 0.29) is 19.1 Å². The van der Waals surface area contributed by atoms with Gasteiger partial charge in [-0.25, -0.2) is 0 Å². The summed E-state index contributed by atoms with van der Waals surface area (Å²) in [4.78, 5) is 24.7. The largest absolute Gasteiger partial charge is 0.465 e. The number of benzene rings is 2. The number of hydrogen-bond acceptors (Lipinski definition) is 4. The van der Waals surface area contributed by atoms with E-state index in [1.165, 1.54) is 0 Å². The molecule has 0 saturated carbocycles. The van der Waals surface area contributed by atoms with Gasteiger partial charge >= 0.3 is 11.9 Å². The van der Waals surface area contributed by atoms with Gasteiger partial charge in [0.15, 0.2) is 5.92 Å². The quantitative estimate of drug-likeness (QED) is 0.507. The van der Waals surface area contributed by atoms with Crippen LogP contribution in [-0.2, 0) is 31.9 Å². The van der Waals surface area contributed by atoms with Crippen molar-refractivity contribution in [1.29, 1.82) is 0 Å². The minimum Gasteiger partial charge on any atom is -0.465 e. The van der Waals surface area contributed by atoms with Crippen molar-refractivity contribution in [2.75, 3.05) is 13.2 Å². The van der Waals surface area contributed by atoms with E-state index in [1.807, 2.05) is 74.5 Å². The van der Waals surface area contributed by atoms with Gasteiger partial charge in [-0.3, -0.25) is 9.59 Å². The minimum atomic E-state index is -0.887. The topological polar surface area (TPSA) is 52.6 Å². The highest BCUT2D eigenvalue weighted by atomic mass is 16.6. The Bertz CT molecular complexity index is 622. The third kappa shape index (κ3) is 6.36. The van der Waals surface area contributed by atoms with E-state index in [9.17, 15) is 9.59 Å². The normalized spacial score (nSPS) is 10.8. The van der Waals surface area contributed by atoms with Crippen LogP contribution in [0.25, 0.3) is 0 Å². The molecule has 0 heterocycles. The molecule has 0 unspecified atom stereocenters. The molecule has 0 spiro atoms. The number of carbonyl (C=O) groups excluding carboxylic acids is 2. The van der Waals surface area contributed by atoms with Gasteiger partial charge in [-0.2, -0.15) is 0 Å². The lowest BCUT2D eigenvalue weighted by atomic mass is 9.96. The number of esters is 2. The van der Waals surface area contributed by atoms with Crippen LogP contribution < -0.4 is 0 Å². The van der Waals surface area contributed by atoms with Gasteiger partial charge in [0.1, 0.15) is 0 Å². The average Bonchev–Trinajstić information content (AvgIpc) is 2.63. The SMILES string of the molecule is CC(C)C(C(=O)OCCc1ccccc1)C(=O)OCCc1ccccc1. The molecular formula is C22H26O4. The Morgan fingerprint density at radius 2 is 1.12 bits per heavy atom. The van der Waals surface area contributed by atoms with Gasteiger partial charge in [0, 0.05) is 12.8 Å². The molecule has 2 aromatic rings. The third-order valence-corrected chi connectivity index (χ3v) is 4.13. The Kier molecular flexibility index (Phi) is 7.87. The molecule has 0 amide bonds. The molecule has 4 heteroatoms. The van der Waals surface area contributed by atoms with Crippen LogP contribution in [0.2, 0.25) is 0 Å². The first-order valence-electron chi connectivity index (χ1n) is 8.99. The van der Waals surface area contributed by atoms with Gasteiger partial charge in [0.05, 0.1) is 13.2 Å². The smallest absolute Gasteiger partial charge is 0.320 e. The van der Waals surface area contributed by atoms with E-state index >= 15 is 0 Å². The van der Waals surface area contributed by atoms with E-state index < -0.39 is 17.9 Å². The van der Waals surface area contributed by atoms with Crippen LogP contribution in [0.3, 0.4) is 0 Å². The standard InChI is InChI=1S/C22H26O4/c1-17(2)20(21(23)25-15-13-18-9-5-3-6-10-18)22(24)26-16-14-19-11-7-4-8-12-19/h3-12,17,20H,13-16H2,1-2H3. The Hall–Kier alpha value is -2.62. The zero-order valence-electron chi connectivity index (χ0n) is 15.4. The first kappa shape index (κ1) is 19.7. The summed E-state index contributed by atoms with van der Waals surface area (Å²) in [6.07, 6.45) is 1.25. The van der Waals surface area contributed by atoms with Gasteiger partial charge in [0.25, 0.3) is 0 Å². The highest BCUT2D eigenvalue weighted by Crippen LogP contribution is 2.16. The van der Waals surface area contributed by atoms with Gasteiger partial charge in [0.2, 0.25) is 0 Å². The second kappa shape index (κ2) is 10.4. The lowest BCUT2D eigenvalue weighted by Gasteiger charge is -2.18. The lowest BCUT2D eigenvalue weighted by Crippen LogP contribution is -2.33. The Morgan fingerprint density at radius 3 is 1.46 bits per heavy atom. The molecule has 0 aliphatic carbocycles. The number of rotatable bonds is 9. The molecule has 0 N–H and O–H groups in total. The summed E-state index contributed by atoms with van der Waals surface area (Å²) in [7, 11) is 0. The van der Waals surface area contributed by atoms with Crippen molar-refractivity contribution in [2.24, 2.45) is 11.8 Å². The maximum absolute atomic E-state index is 12.3. The van der Waals surface area contributed by atoms with Crippen LogP contribution in [0, 0.1) is 11.8 Å². The highest BCUT2D eigenvalue weighted by Gasteiger charge is 2.32. The Morgan fingerprint density at radius 1 is 0.731 bits per heavy atom. The van der Waals surface area contributed by atoms with Crippen molar-refractivity contribution in [3.05, 3.63) is 71.8 Å². The zero-order chi connectivity index (χ0) is 18.8. The van der Waals surface area contributed by atoms with E-state index in [2.05, 4.69) is 0 Å². The highest BCUT2D eigenvalue weighted by molar-refractivity contribution is 5.95. The van der Waals surface area contributed by atoms with Gasteiger partial charge < -0.3 is 9.47 Å². The van der Waals surface area contributed by atoms with E-state index in [4.69, 9.17) is 9.47 Å². The van der Waals surface area contributed by atoms with Crippen molar-refractivity contribution in [3.63, 3.8) is 0 Å². The summed E-state index contributed by atoms with van der Waals surface area (Å²) in [6, 6.07) is 19.6. The Labute approximate surface area is 155 Å². The average molecular weight is 354 g/mol. The maximum Gasteiger partial charge on any atom is 0.320 e. The molecule has 0 radical (unpaired) electrons. The number of carbonyl (C=O) groups is 2. The second-order valence-corrected chi connectivity index (χ2v) is 6.53. The van der Waals surface area contributed by atoms with E-state index in [0.29, 0.717) is 12.8 Å². The molecule has 2 aromatic carbocycles.